The van der Waals surface area contributed by atoms with Gasteiger partial charge in [0.25, 0.3) is 5.89 Å². The molecule has 100 valence electrons. The quantitative estimate of drug-likeness (QED) is 0.918. The molecule has 0 spiro atoms. The Morgan fingerprint density at radius 3 is 2.74 bits per heavy atom. The van der Waals surface area contributed by atoms with E-state index in [1.165, 1.54) is 0 Å². The van der Waals surface area contributed by atoms with Gasteiger partial charge in [-0.2, -0.15) is 4.98 Å². The van der Waals surface area contributed by atoms with Crippen molar-refractivity contribution in [3.8, 4) is 11.5 Å². The van der Waals surface area contributed by atoms with E-state index in [2.05, 4.69) is 15.5 Å². The summed E-state index contributed by atoms with van der Waals surface area (Å²) in [5.74, 6) is 1.21. The van der Waals surface area contributed by atoms with Crippen molar-refractivity contribution >= 4 is 5.69 Å². The van der Waals surface area contributed by atoms with Crippen molar-refractivity contribution in [3.63, 3.8) is 0 Å². The third-order valence-corrected chi connectivity index (χ3v) is 3.27. The predicted molar refractivity (Wildman–Crippen MR) is 71.9 cm³/mol. The summed E-state index contributed by atoms with van der Waals surface area (Å²) in [5, 5.41) is 7.40. The second-order valence-corrected chi connectivity index (χ2v) is 4.72. The van der Waals surface area contributed by atoms with E-state index in [0.717, 1.165) is 37.3 Å². The molecule has 0 radical (unpaired) electrons. The first-order valence-electron chi connectivity index (χ1n) is 6.57. The van der Waals surface area contributed by atoms with Crippen molar-refractivity contribution < 1.29 is 9.26 Å². The molecule has 0 unspecified atom stereocenters. The van der Waals surface area contributed by atoms with E-state index in [-0.39, 0.29) is 0 Å². The molecule has 0 amide bonds. The van der Waals surface area contributed by atoms with Crippen LogP contribution in [0.2, 0.25) is 0 Å². The van der Waals surface area contributed by atoms with Crippen LogP contribution in [0.25, 0.3) is 11.5 Å². The molecule has 5 nitrogen and oxygen atoms in total. The van der Waals surface area contributed by atoms with Crippen molar-refractivity contribution in [1.82, 2.24) is 10.1 Å². The highest BCUT2D eigenvalue weighted by atomic mass is 16.5. The molecule has 5 heteroatoms. The molecular formula is C14H17N3O2. The van der Waals surface area contributed by atoms with E-state index in [9.17, 15) is 0 Å². The number of aromatic nitrogens is 2. The van der Waals surface area contributed by atoms with E-state index in [1.807, 2.05) is 31.2 Å². The van der Waals surface area contributed by atoms with Crippen LogP contribution >= 0.6 is 0 Å². The molecule has 1 aliphatic rings. The van der Waals surface area contributed by atoms with Crippen LogP contribution in [0.4, 0.5) is 5.69 Å². The molecule has 0 saturated carbocycles. The van der Waals surface area contributed by atoms with Crippen LogP contribution in [-0.4, -0.2) is 29.4 Å². The highest BCUT2D eigenvalue weighted by Gasteiger charge is 2.17. The Labute approximate surface area is 112 Å². The normalized spacial score (nSPS) is 16.5. The average Bonchev–Trinajstić information content (AvgIpc) is 2.87. The first-order chi connectivity index (χ1) is 9.33. The maximum Gasteiger partial charge on any atom is 0.260 e. The Bertz CT molecular complexity index is 547. The minimum absolute atomic E-state index is 0.443. The number of rotatable bonds is 3. The van der Waals surface area contributed by atoms with Crippen LogP contribution in [0.1, 0.15) is 18.7 Å². The lowest BCUT2D eigenvalue weighted by Crippen LogP contribution is -2.28. The third-order valence-electron chi connectivity index (χ3n) is 3.27. The fourth-order valence-electron chi connectivity index (χ4n) is 2.26. The third kappa shape index (κ3) is 2.76. The smallest absolute Gasteiger partial charge is 0.260 e. The fraction of sp³-hybridized carbons (Fsp3) is 0.429. The molecule has 2 aromatic rings. The number of ether oxygens (including phenoxy) is 1. The van der Waals surface area contributed by atoms with Crippen LogP contribution in [0.5, 0.6) is 0 Å². The van der Waals surface area contributed by atoms with Gasteiger partial charge in [0.2, 0.25) is 0 Å². The molecule has 0 bridgehead atoms. The van der Waals surface area contributed by atoms with Crippen LogP contribution in [-0.2, 0) is 4.74 Å². The van der Waals surface area contributed by atoms with Gasteiger partial charge < -0.3 is 14.6 Å². The minimum Gasteiger partial charge on any atom is -0.381 e. The zero-order valence-electron chi connectivity index (χ0n) is 10.9. The minimum atomic E-state index is 0.443. The summed E-state index contributed by atoms with van der Waals surface area (Å²) in [6.45, 7) is 3.46. The predicted octanol–water partition coefficient (Wildman–Crippen LogP) is 2.64. The van der Waals surface area contributed by atoms with Crippen molar-refractivity contribution in [2.45, 2.75) is 25.8 Å². The van der Waals surface area contributed by atoms with Gasteiger partial charge in [-0.3, -0.25) is 0 Å². The summed E-state index contributed by atoms with van der Waals surface area (Å²) < 4.78 is 10.6. The van der Waals surface area contributed by atoms with E-state index in [4.69, 9.17) is 9.26 Å². The number of para-hydroxylation sites is 1. The molecule has 0 atom stereocenters. The number of aryl methyl sites for hydroxylation is 1. The van der Waals surface area contributed by atoms with Crippen molar-refractivity contribution in [2.24, 2.45) is 0 Å². The molecule has 2 heterocycles. The number of hydrogen-bond acceptors (Lipinski definition) is 5. The molecule has 1 fully saturated rings. The van der Waals surface area contributed by atoms with Crippen LogP contribution in [0.15, 0.2) is 28.8 Å². The zero-order valence-corrected chi connectivity index (χ0v) is 10.9. The number of benzene rings is 1. The fourth-order valence-corrected chi connectivity index (χ4v) is 2.26. The van der Waals surface area contributed by atoms with Crippen molar-refractivity contribution in [2.75, 3.05) is 18.5 Å². The monoisotopic (exact) mass is 259 g/mol. The van der Waals surface area contributed by atoms with Crippen LogP contribution in [0, 0.1) is 6.92 Å². The molecule has 1 aromatic heterocycles. The Balaban J connectivity index is 1.84. The van der Waals surface area contributed by atoms with Gasteiger partial charge in [0.1, 0.15) is 0 Å². The lowest BCUT2D eigenvalue weighted by atomic mass is 10.1. The number of anilines is 1. The van der Waals surface area contributed by atoms with Gasteiger partial charge in [0.15, 0.2) is 5.82 Å². The van der Waals surface area contributed by atoms with Crippen molar-refractivity contribution in [1.29, 1.82) is 0 Å². The maximum atomic E-state index is 5.37. The second kappa shape index (κ2) is 5.40. The summed E-state index contributed by atoms with van der Waals surface area (Å²) in [6, 6.07) is 8.47. The van der Waals surface area contributed by atoms with Gasteiger partial charge in [0.05, 0.1) is 5.56 Å². The molecule has 1 saturated heterocycles. The molecule has 0 aliphatic carbocycles. The highest BCUT2D eigenvalue weighted by Crippen LogP contribution is 2.28. The van der Waals surface area contributed by atoms with E-state index in [0.29, 0.717) is 17.8 Å². The standard InChI is InChI=1S/C14H17N3O2/c1-10-15-14(19-17-10)12-4-2-3-5-13(12)16-11-6-8-18-9-7-11/h2-5,11,16H,6-9H2,1H3. The van der Waals surface area contributed by atoms with Gasteiger partial charge in [-0.15, -0.1) is 0 Å². The van der Waals surface area contributed by atoms with Gasteiger partial charge in [-0.1, -0.05) is 17.3 Å². The molecule has 1 aromatic carbocycles. The van der Waals surface area contributed by atoms with Crippen molar-refractivity contribution in [3.05, 3.63) is 30.1 Å². The summed E-state index contributed by atoms with van der Waals surface area (Å²) in [4.78, 5) is 4.29. The molecule has 3 rings (SSSR count). The first kappa shape index (κ1) is 12.2. The average molecular weight is 259 g/mol. The number of hydrogen-bond donors (Lipinski definition) is 1. The number of nitrogens with zero attached hydrogens (tertiary/aromatic N) is 2. The van der Waals surface area contributed by atoms with E-state index < -0.39 is 0 Å². The van der Waals surface area contributed by atoms with Gasteiger partial charge in [-0.25, -0.2) is 0 Å². The van der Waals surface area contributed by atoms with E-state index >= 15 is 0 Å². The largest absolute Gasteiger partial charge is 0.381 e. The summed E-state index contributed by atoms with van der Waals surface area (Å²) in [6.07, 6.45) is 2.05. The van der Waals surface area contributed by atoms with Gasteiger partial charge in [-0.05, 0) is 31.9 Å². The summed E-state index contributed by atoms with van der Waals surface area (Å²) >= 11 is 0. The molecule has 1 aliphatic heterocycles. The lowest BCUT2D eigenvalue weighted by molar-refractivity contribution is 0.0904. The summed E-state index contributed by atoms with van der Waals surface area (Å²) in [7, 11) is 0. The van der Waals surface area contributed by atoms with Crippen LogP contribution in [0.3, 0.4) is 0 Å². The summed E-state index contributed by atoms with van der Waals surface area (Å²) in [5.41, 5.74) is 1.99. The maximum absolute atomic E-state index is 5.37. The topological polar surface area (TPSA) is 60.2 Å². The Hall–Kier alpha value is -1.88. The number of nitrogens with one attached hydrogen (secondary N) is 1. The van der Waals surface area contributed by atoms with E-state index in [1.54, 1.807) is 0 Å². The molecule has 19 heavy (non-hydrogen) atoms. The molecular weight excluding hydrogens is 242 g/mol. The van der Waals surface area contributed by atoms with Crippen LogP contribution < -0.4 is 5.32 Å². The van der Waals surface area contributed by atoms with Gasteiger partial charge >= 0.3 is 0 Å². The Morgan fingerprint density at radius 2 is 2.00 bits per heavy atom. The zero-order chi connectivity index (χ0) is 13.1. The highest BCUT2D eigenvalue weighted by molar-refractivity contribution is 5.72. The Kier molecular flexibility index (Phi) is 3.46. The SMILES string of the molecule is Cc1noc(-c2ccccc2NC2CCOCC2)n1. The first-order valence-corrected chi connectivity index (χ1v) is 6.57. The molecule has 1 N–H and O–H groups in total. The second-order valence-electron chi connectivity index (χ2n) is 4.72. The van der Waals surface area contributed by atoms with Gasteiger partial charge in [0, 0.05) is 24.9 Å². The Morgan fingerprint density at radius 1 is 1.21 bits per heavy atom. The lowest BCUT2D eigenvalue weighted by Gasteiger charge is -2.24.